The molecule has 0 radical (unpaired) electrons. The van der Waals surface area contributed by atoms with E-state index in [0.29, 0.717) is 15.3 Å². The lowest BCUT2D eigenvalue weighted by Gasteiger charge is -1.98. The zero-order chi connectivity index (χ0) is 9.42. The second-order valence-corrected chi connectivity index (χ2v) is 4.18. The molecule has 0 aliphatic heterocycles. The number of H-pyrrole nitrogens is 1. The molecule has 0 aromatic carbocycles. The average molecular weight is 265 g/mol. The van der Waals surface area contributed by atoms with Gasteiger partial charge in [-0.15, -0.1) is 0 Å². The molecule has 70 valence electrons. The van der Waals surface area contributed by atoms with Crippen molar-refractivity contribution in [3.63, 3.8) is 0 Å². The molecule has 0 amide bonds. The molecule has 0 bridgehead atoms. The van der Waals surface area contributed by atoms with Gasteiger partial charge >= 0.3 is 5.97 Å². The molecule has 13 heavy (non-hydrogen) atoms. The van der Waals surface area contributed by atoms with Crippen molar-refractivity contribution in [1.29, 1.82) is 0 Å². The third-order valence-corrected chi connectivity index (χ3v) is 2.89. The Morgan fingerprint density at radius 1 is 1.69 bits per heavy atom. The van der Waals surface area contributed by atoms with Crippen LogP contribution < -0.4 is 0 Å². The number of carbonyl (C=O) groups excluding carboxylic acids is 1. The lowest BCUT2D eigenvalue weighted by atomic mass is 10.4. The van der Waals surface area contributed by atoms with Crippen molar-refractivity contribution in [2.24, 2.45) is 0 Å². The number of carbonyl (C=O) groups is 1. The van der Waals surface area contributed by atoms with E-state index < -0.39 is 0 Å². The number of hydrogen-bond acceptors (Lipinski definition) is 2. The van der Waals surface area contributed by atoms with E-state index in [2.05, 4.69) is 20.9 Å². The van der Waals surface area contributed by atoms with E-state index in [4.69, 9.17) is 16.3 Å². The molecular formula is C8H7BrClNO2. The van der Waals surface area contributed by atoms with Crippen LogP contribution in [-0.4, -0.2) is 17.1 Å². The maximum atomic E-state index is 11.3. The van der Waals surface area contributed by atoms with E-state index in [1.165, 1.54) is 0 Å². The van der Waals surface area contributed by atoms with Crippen molar-refractivity contribution in [2.75, 3.05) is 0 Å². The molecule has 3 nitrogen and oxygen atoms in total. The summed E-state index contributed by atoms with van der Waals surface area (Å²) in [6.07, 6.45) is 2.07. The maximum absolute atomic E-state index is 11.3. The van der Waals surface area contributed by atoms with E-state index in [-0.39, 0.29) is 12.1 Å². The van der Waals surface area contributed by atoms with Crippen LogP contribution in [0.2, 0.25) is 5.15 Å². The van der Waals surface area contributed by atoms with Crippen LogP contribution in [0.1, 0.15) is 23.3 Å². The molecule has 5 heteroatoms. The Morgan fingerprint density at radius 2 is 2.38 bits per heavy atom. The standard InChI is InChI=1S/C8H7BrClNO2/c9-5-3-6(11-7(5)10)8(12)13-4-1-2-4/h3-4,11H,1-2H2. The second-order valence-electron chi connectivity index (χ2n) is 2.95. The Kier molecular flexibility index (Phi) is 2.34. The first-order chi connectivity index (χ1) is 6.16. The van der Waals surface area contributed by atoms with Gasteiger partial charge in [0.25, 0.3) is 0 Å². The topological polar surface area (TPSA) is 42.1 Å². The highest BCUT2D eigenvalue weighted by atomic mass is 79.9. The summed E-state index contributed by atoms with van der Waals surface area (Å²) in [6, 6.07) is 1.62. The van der Waals surface area contributed by atoms with Crippen molar-refractivity contribution in [3.05, 3.63) is 21.4 Å². The number of ether oxygens (including phenoxy) is 1. The number of nitrogens with one attached hydrogen (secondary N) is 1. The van der Waals surface area contributed by atoms with Crippen LogP contribution in [0.5, 0.6) is 0 Å². The summed E-state index contributed by atoms with van der Waals surface area (Å²) >= 11 is 8.91. The molecule has 0 spiro atoms. The molecule has 1 N–H and O–H groups in total. The molecule has 1 aliphatic carbocycles. The van der Waals surface area contributed by atoms with Gasteiger partial charge in [0.05, 0.1) is 4.47 Å². The minimum absolute atomic E-state index is 0.119. The zero-order valence-corrected chi connectivity index (χ0v) is 8.98. The van der Waals surface area contributed by atoms with Gasteiger partial charge in [-0.05, 0) is 34.8 Å². The minimum Gasteiger partial charge on any atom is -0.458 e. The second kappa shape index (κ2) is 3.35. The first-order valence-electron chi connectivity index (χ1n) is 3.92. The molecule has 1 saturated carbocycles. The Bertz CT molecular complexity index is 326. The predicted octanol–water partition coefficient (Wildman–Crippen LogP) is 2.75. The number of halogens is 2. The van der Waals surface area contributed by atoms with E-state index in [1.54, 1.807) is 6.07 Å². The highest BCUT2D eigenvalue weighted by Gasteiger charge is 2.27. The fraction of sp³-hybridized carbons (Fsp3) is 0.375. The van der Waals surface area contributed by atoms with Crippen LogP contribution in [0.25, 0.3) is 0 Å². The van der Waals surface area contributed by atoms with Gasteiger partial charge in [-0.2, -0.15) is 0 Å². The van der Waals surface area contributed by atoms with Crippen LogP contribution in [0, 0.1) is 0 Å². The van der Waals surface area contributed by atoms with Crippen LogP contribution in [0.4, 0.5) is 0 Å². The third kappa shape index (κ3) is 2.06. The molecule has 0 saturated heterocycles. The molecule has 1 aromatic heterocycles. The SMILES string of the molecule is O=C(OC1CC1)c1cc(Br)c(Cl)[nH]1. The van der Waals surface area contributed by atoms with E-state index in [9.17, 15) is 4.79 Å². The number of rotatable bonds is 2. The first kappa shape index (κ1) is 9.09. The fourth-order valence-electron chi connectivity index (χ4n) is 0.915. The van der Waals surface area contributed by atoms with Gasteiger partial charge in [-0.25, -0.2) is 4.79 Å². The number of aromatic nitrogens is 1. The Labute approximate surface area is 88.5 Å². The van der Waals surface area contributed by atoms with Crippen molar-refractivity contribution in [2.45, 2.75) is 18.9 Å². The van der Waals surface area contributed by atoms with Crippen LogP contribution in [0.3, 0.4) is 0 Å². The highest BCUT2D eigenvalue weighted by Crippen LogP contribution is 2.27. The van der Waals surface area contributed by atoms with Crippen LogP contribution >= 0.6 is 27.5 Å². The Balaban J connectivity index is 2.09. The minimum atomic E-state index is -0.338. The Morgan fingerprint density at radius 3 is 2.85 bits per heavy atom. The monoisotopic (exact) mass is 263 g/mol. The summed E-state index contributed by atoms with van der Waals surface area (Å²) in [5.41, 5.74) is 0.392. The molecule has 2 rings (SSSR count). The van der Waals surface area contributed by atoms with Gasteiger partial charge in [0.15, 0.2) is 0 Å². The molecule has 1 aromatic rings. The van der Waals surface area contributed by atoms with Gasteiger partial charge in [0, 0.05) is 0 Å². The van der Waals surface area contributed by atoms with Gasteiger partial charge < -0.3 is 9.72 Å². The first-order valence-corrected chi connectivity index (χ1v) is 5.09. The molecule has 0 atom stereocenters. The highest BCUT2D eigenvalue weighted by molar-refractivity contribution is 9.10. The van der Waals surface area contributed by atoms with Crippen molar-refractivity contribution in [1.82, 2.24) is 4.98 Å². The van der Waals surface area contributed by atoms with Crippen molar-refractivity contribution < 1.29 is 9.53 Å². The molecular weight excluding hydrogens is 257 g/mol. The van der Waals surface area contributed by atoms with E-state index in [1.807, 2.05) is 0 Å². The normalized spacial score (nSPS) is 15.8. The Hall–Kier alpha value is -0.480. The number of esters is 1. The van der Waals surface area contributed by atoms with Gasteiger partial charge in [-0.1, -0.05) is 11.6 Å². The molecule has 1 heterocycles. The zero-order valence-electron chi connectivity index (χ0n) is 6.64. The lowest BCUT2D eigenvalue weighted by Crippen LogP contribution is -2.06. The fourth-order valence-corrected chi connectivity index (χ4v) is 1.40. The summed E-state index contributed by atoms with van der Waals surface area (Å²) in [7, 11) is 0. The lowest BCUT2D eigenvalue weighted by molar-refractivity contribution is 0.0466. The summed E-state index contributed by atoms with van der Waals surface area (Å²) < 4.78 is 5.74. The summed E-state index contributed by atoms with van der Waals surface area (Å²) in [5.74, 6) is -0.338. The van der Waals surface area contributed by atoms with E-state index in [0.717, 1.165) is 12.8 Å². The third-order valence-electron chi connectivity index (χ3n) is 1.74. The van der Waals surface area contributed by atoms with Crippen molar-refractivity contribution >= 4 is 33.5 Å². The van der Waals surface area contributed by atoms with Gasteiger partial charge in [-0.3, -0.25) is 0 Å². The molecule has 0 unspecified atom stereocenters. The quantitative estimate of drug-likeness (QED) is 0.835. The summed E-state index contributed by atoms with van der Waals surface area (Å²) in [5, 5.41) is 0.419. The largest absolute Gasteiger partial charge is 0.458 e. The molecule has 1 aliphatic rings. The summed E-state index contributed by atoms with van der Waals surface area (Å²) in [4.78, 5) is 14.0. The molecule has 1 fully saturated rings. The van der Waals surface area contributed by atoms with Crippen LogP contribution in [0.15, 0.2) is 10.5 Å². The van der Waals surface area contributed by atoms with Gasteiger partial charge in [0.1, 0.15) is 17.0 Å². The maximum Gasteiger partial charge on any atom is 0.355 e. The predicted molar refractivity (Wildman–Crippen MR) is 51.9 cm³/mol. The van der Waals surface area contributed by atoms with Crippen molar-refractivity contribution in [3.8, 4) is 0 Å². The number of hydrogen-bond donors (Lipinski definition) is 1. The smallest absolute Gasteiger partial charge is 0.355 e. The summed E-state index contributed by atoms with van der Waals surface area (Å²) in [6.45, 7) is 0. The van der Waals surface area contributed by atoms with Gasteiger partial charge in [0.2, 0.25) is 0 Å². The average Bonchev–Trinajstić information content (AvgIpc) is 2.81. The van der Waals surface area contributed by atoms with Crippen LogP contribution in [-0.2, 0) is 4.74 Å². The number of aromatic amines is 1. The van der Waals surface area contributed by atoms with E-state index >= 15 is 0 Å².